The van der Waals surface area contributed by atoms with Crippen molar-refractivity contribution in [2.24, 2.45) is 0 Å². The van der Waals surface area contributed by atoms with E-state index >= 15 is 0 Å². The predicted octanol–water partition coefficient (Wildman–Crippen LogP) is 2.22. The normalized spacial score (nSPS) is 12.4. The third-order valence-corrected chi connectivity index (χ3v) is 3.84. The summed E-state index contributed by atoms with van der Waals surface area (Å²) in [4.78, 5) is 13.4. The van der Waals surface area contributed by atoms with Crippen LogP contribution in [-0.2, 0) is 23.1 Å². The number of ether oxygens (including phenoxy) is 1. The van der Waals surface area contributed by atoms with Gasteiger partial charge in [-0.15, -0.1) is 0 Å². The molecule has 0 unspecified atom stereocenters. The fourth-order valence-corrected chi connectivity index (χ4v) is 2.89. The van der Waals surface area contributed by atoms with E-state index in [1.54, 1.807) is 39.8 Å². The largest absolute Gasteiger partial charge is 0.462 e. The molecule has 0 saturated heterocycles. The Morgan fingerprint density at radius 1 is 1.11 bits per heavy atom. The van der Waals surface area contributed by atoms with Crippen LogP contribution in [0.25, 0.3) is 0 Å². The first-order valence-corrected chi connectivity index (χ1v) is 7.40. The fraction of sp³-hybridized carbons (Fsp3) is 0.727. The monoisotopic (exact) mass is 279 g/mol. The molecule has 0 aromatic heterocycles. The number of hydrogen-bond acceptors (Lipinski definition) is 6. The standard InChI is InChI=1S/C11H22NO5P/c1-6-15-11(13)10(9-12(4)5)18(14,16-7-2)17-8-3/h9H,6-8H2,1-5H3. The average molecular weight is 279 g/mol. The van der Waals surface area contributed by atoms with E-state index in [2.05, 4.69) is 0 Å². The summed E-state index contributed by atoms with van der Waals surface area (Å²) in [7, 11) is -0.205. The summed E-state index contributed by atoms with van der Waals surface area (Å²) < 4.78 is 27.7. The zero-order chi connectivity index (χ0) is 14.2. The zero-order valence-corrected chi connectivity index (χ0v) is 12.5. The Hall–Kier alpha value is -0.840. The highest BCUT2D eigenvalue weighted by Gasteiger charge is 2.36. The second-order valence-electron chi connectivity index (χ2n) is 3.53. The van der Waals surface area contributed by atoms with E-state index in [0.717, 1.165) is 0 Å². The maximum absolute atomic E-state index is 12.5. The molecule has 18 heavy (non-hydrogen) atoms. The van der Waals surface area contributed by atoms with Crippen LogP contribution in [0.5, 0.6) is 0 Å². The molecule has 0 saturated carbocycles. The summed E-state index contributed by atoms with van der Waals surface area (Å²) in [5.74, 6) is -0.684. The molecule has 0 aromatic rings. The van der Waals surface area contributed by atoms with Gasteiger partial charge in [-0.1, -0.05) is 0 Å². The molecule has 0 spiro atoms. The van der Waals surface area contributed by atoms with Crippen LogP contribution in [0.15, 0.2) is 11.5 Å². The van der Waals surface area contributed by atoms with Crippen LogP contribution < -0.4 is 0 Å². The molecule has 0 heterocycles. The molecule has 0 aliphatic rings. The quantitative estimate of drug-likeness (QED) is 0.385. The van der Waals surface area contributed by atoms with Crippen molar-refractivity contribution in [3.05, 3.63) is 11.5 Å². The first kappa shape index (κ1) is 17.2. The van der Waals surface area contributed by atoms with Crippen LogP contribution in [0.1, 0.15) is 20.8 Å². The van der Waals surface area contributed by atoms with Crippen molar-refractivity contribution in [1.82, 2.24) is 4.90 Å². The highest BCUT2D eigenvalue weighted by atomic mass is 31.2. The summed E-state index contributed by atoms with van der Waals surface area (Å²) >= 11 is 0. The zero-order valence-electron chi connectivity index (χ0n) is 11.6. The van der Waals surface area contributed by atoms with E-state index in [4.69, 9.17) is 13.8 Å². The molecule has 7 heteroatoms. The number of carbonyl (C=O) groups excluding carboxylic acids is 1. The van der Waals surface area contributed by atoms with E-state index in [0.29, 0.717) is 0 Å². The Morgan fingerprint density at radius 2 is 1.61 bits per heavy atom. The summed E-state index contributed by atoms with van der Waals surface area (Å²) in [6.45, 7) is 5.61. The summed E-state index contributed by atoms with van der Waals surface area (Å²) in [6.07, 6.45) is 1.41. The Labute approximate surface area is 108 Å². The van der Waals surface area contributed by atoms with E-state index in [1.165, 1.54) is 6.20 Å². The summed E-state index contributed by atoms with van der Waals surface area (Å²) in [5.41, 5.74) is 0. The van der Waals surface area contributed by atoms with Gasteiger partial charge >= 0.3 is 13.6 Å². The Bertz CT molecular complexity index is 330. The maximum Gasteiger partial charge on any atom is 0.370 e. The minimum Gasteiger partial charge on any atom is -0.462 e. The van der Waals surface area contributed by atoms with Crippen LogP contribution in [0.2, 0.25) is 0 Å². The van der Waals surface area contributed by atoms with Crippen LogP contribution in [0.3, 0.4) is 0 Å². The van der Waals surface area contributed by atoms with E-state index in [1.807, 2.05) is 0 Å². The van der Waals surface area contributed by atoms with Crippen LogP contribution in [-0.4, -0.2) is 44.8 Å². The van der Waals surface area contributed by atoms with Gasteiger partial charge in [0.25, 0.3) is 0 Å². The molecule has 0 radical (unpaired) electrons. The van der Waals surface area contributed by atoms with Gasteiger partial charge in [0.15, 0.2) is 5.31 Å². The Balaban J connectivity index is 5.37. The SMILES string of the molecule is CCOC(=O)C(=CN(C)C)P(=O)(OCC)OCC. The lowest BCUT2D eigenvalue weighted by Crippen LogP contribution is -2.15. The molecule has 0 aliphatic heterocycles. The fourth-order valence-electron chi connectivity index (χ4n) is 1.20. The molecule has 0 N–H and O–H groups in total. The number of esters is 1. The highest BCUT2D eigenvalue weighted by molar-refractivity contribution is 7.59. The lowest BCUT2D eigenvalue weighted by Gasteiger charge is -2.20. The van der Waals surface area contributed by atoms with Gasteiger partial charge in [0, 0.05) is 20.3 Å². The smallest absolute Gasteiger partial charge is 0.370 e. The average Bonchev–Trinajstić information content (AvgIpc) is 2.26. The lowest BCUT2D eigenvalue weighted by molar-refractivity contribution is -0.137. The molecule has 0 rings (SSSR count). The van der Waals surface area contributed by atoms with E-state index in [-0.39, 0.29) is 25.1 Å². The number of carbonyl (C=O) groups is 1. The maximum atomic E-state index is 12.5. The van der Waals surface area contributed by atoms with Gasteiger partial charge < -0.3 is 18.7 Å². The van der Waals surface area contributed by atoms with Crippen molar-refractivity contribution in [3.63, 3.8) is 0 Å². The summed E-state index contributed by atoms with van der Waals surface area (Å²) in [5, 5.41) is -0.0851. The summed E-state index contributed by atoms with van der Waals surface area (Å²) in [6, 6.07) is 0. The predicted molar refractivity (Wildman–Crippen MR) is 69.3 cm³/mol. The first-order chi connectivity index (χ1) is 8.41. The van der Waals surface area contributed by atoms with Crippen molar-refractivity contribution < 1.29 is 23.1 Å². The van der Waals surface area contributed by atoms with Gasteiger partial charge in [0.2, 0.25) is 0 Å². The Kier molecular flexibility index (Phi) is 7.91. The minimum absolute atomic E-state index is 0.0851. The minimum atomic E-state index is -3.62. The molecule has 106 valence electrons. The van der Waals surface area contributed by atoms with Crippen molar-refractivity contribution in [1.29, 1.82) is 0 Å². The second kappa shape index (κ2) is 8.29. The van der Waals surface area contributed by atoms with Crippen LogP contribution in [0.4, 0.5) is 0 Å². The van der Waals surface area contributed by atoms with Gasteiger partial charge in [0.1, 0.15) is 0 Å². The van der Waals surface area contributed by atoms with Crippen molar-refractivity contribution in [3.8, 4) is 0 Å². The third-order valence-electron chi connectivity index (χ3n) is 1.76. The number of nitrogens with zero attached hydrogens (tertiary/aromatic N) is 1. The lowest BCUT2D eigenvalue weighted by atomic mass is 10.6. The van der Waals surface area contributed by atoms with E-state index in [9.17, 15) is 9.36 Å². The number of rotatable bonds is 8. The molecular formula is C11H22NO5P. The molecule has 0 atom stereocenters. The van der Waals surface area contributed by atoms with Crippen molar-refractivity contribution in [2.75, 3.05) is 33.9 Å². The van der Waals surface area contributed by atoms with E-state index < -0.39 is 13.6 Å². The van der Waals surface area contributed by atoms with Gasteiger partial charge in [0.05, 0.1) is 19.8 Å². The van der Waals surface area contributed by atoms with Gasteiger partial charge in [-0.2, -0.15) is 0 Å². The molecule has 6 nitrogen and oxygen atoms in total. The molecular weight excluding hydrogens is 257 g/mol. The molecule has 0 amide bonds. The number of hydrogen-bond donors (Lipinski definition) is 0. The van der Waals surface area contributed by atoms with Gasteiger partial charge in [-0.05, 0) is 20.8 Å². The highest BCUT2D eigenvalue weighted by Crippen LogP contribution is 2.56. The molecule has 0 fully saturated rings. The Morgan fingerprint density at radius 3 is 1.94 bits per heavy atom. The van der Waals surface area contributed by atoms with Crippen molar-refractivity contribution in [2.45, 2.75) is 20.8 Å². The van der Waals surface area contributed by atoms with Crippen LogP contribution >= 0.6 is 7.60 Å². The second-order valence-corrected chi connectivity index (χ2v) is 5.52. The van der Waals surface area contributed by atoms with Gasteiger partial charge in [-0.25, -0.2) is 4.79 Å². The third kappa shape index (κ3) is 5.21. The van der Waals surface area contributed by atoms with Crippen LogP contribution in [0, 0.1) is 0 Å². The topological polar surface area (TPSA) is 65.1 Å². The molecule has 0 aliphatic carbocycles. The van der Waals surface area contributed by atoms with Gasteiger partial charge in [-0.3, -0.25) is 4.57 Å². The molecule has 0 bridgehead atoms. The first-order valence-electron chi connectivity index (χ1n) is 5.86. The molecule has 0 aromatic carbocycles. The van der Waals surface area contributed by atoms with Crippen molar-refractivity contribution >= 4 is 13.6 Å².